The van der Waals surface area contributed by atoms with E-state index in [2.05, 4.69) is 9.72 Å². The summed E-state index contributed by atoms with van der Waals surface area (Å²) in [7, 11) is 0. The van der Waals surface area contributed by atoms with Gasteiger partial charge in [-0.15, -0.1) is 0 Å². The van der Waals surface area contributed by atoms with E-state index in [1.54, 1.807) is 24.4 Å². The standard InChI is InChI=1S/C8H9NO3.C6H5NO2/c10-8(11)12-6-4-7-3-1-2-5-9-7;8-7(9)6-4-2-1-3-5-6/h1-3,5H,4,6H2,(H,10,11);1-5H. The number of ether oxygens (including phenoxy) is 1. The second-order valence-electron chi connectivity index (χ2n) is 3.78. The molecule has 0 spiro atoms. The third kappa shape index (κ3) is 7.26. The summed E-state index contributed by atoms with van der Waals surface area (Å²) in [5.41, 5.74) is 0.969. The lowest BCUT2D eigenvalue weighted by Gasteiger charge is -1.98. The van der Waals surface area contributed by atoms with Gasteiger partial charge in [0.2, 0.25) is 0 Å². The number of non-ortho nitro benzene ring substituents is 1. The SMILES string of the molecule is O=C(O)OCCc1ccccn1.O=[N+]([O-])c1ccccc1. The average Bonchev–Trinajstić information content (AvgIpc) is 2.49. The van der Waals surface area contributed by atoms with E-state index in [0.717, 1.165) is 5.69 Å². The van der Waals surface area contributed by atoms with Gasteiger partial charge in [0.1, 0.15) is 6.61 Å². The van der Waals surface area contributed by atoms with Gasteiger partial charge in [0.05, 0.1) is 4.92 Å². The third-order valence-electron chi connectivity index (χ3n) is 2.28. The van der Waals surface area contributed by atoms with E-state index in [0.29, 0.717) is 6.42 Å². The van der Waals surface area contributed by atoms with Crippen molar-refractivity contribution in [3.05, 3.63) is 70.5 Å². The predicted octanol–water partition coefficient (Wildman–Crippen LogP) is 2.91. The van der Waals surface area contributed by atoms with Crippen molar-refractivity contribution in [3.63, 3.8) is 0 Å². The van der Waals surface area contributed by atoms with Gasteiger partial charge in [0.15, 0.2) is 0 Å². The van der Waals surface area contributed by atoms with E-state index in [1.165, 1.54) is 12.1 Å². The van der Waals surface area contributed by atoms with Crippen LogP contribution < -0.4 is 0 Å². The molecule has 0 radical (unpaired) electrons. The van der Waals surface area contributed by atoms with Gasteiger partial charge in [-0.05, 0) is 12.1 Å². The van der Waals surface area contributed by atoms with Crippen molar-refractivity contribution >= 4 is 11.8 Å². The van der Waals surface area contributed by atoms with E-state index in [9.17, 15) is 14.9 Å². The predicted molar refractivity (Wildman–Crippen MR) is 75.0 cm³/mol. The van der Waals surface area contributed by atoms with Crippen LogP contribution in [-0.2, 0) is 11.2 Å². The minimum Gasteiger partial charge on any atom is -0.450 e. The number of carboxylic acid groups (broad SMARTS) is 1. The second-order valence-corrected chi connectivity index (χ2v) is 3.78. The van der Waals surface area contributed by atoms with Gasteiger partial charge in [-0.2, -0.15) is 0 Å². The van der Waals surface area contributed by atoms with Crippen LogP contribution in [0, 0.1) is 10.1 Å². The molecule has 7 heteroatoms. The summed E-state index contributed by atoms with van der Waals surface area (Å²) >= 11 is 0. The molecule has 0 fully saturated rings. The fraction of sp³-hybridized carbons (Fsp3) is 0.143. The van der Waals surface area contributed by atoms with Crippen molar-refractivity contribution in [1.82, 2.24) is 4.98 Å². The number of hydrogen-bond acceptors (Lipinski definition) is 5. The van der Waals surface area contributed by atoms with Gasteiger partial charge in [0.25, 0.3) is 5.69 Å². The van der Waals surface area contributed by atoms with E-state index >= 15 is 0 Å². The van der Waals surface area contributed by atoms with E-state index in [-0.39, 0.29) is 12.3 Å². The quantitative estimate of drug-likeness (QED) is 0.527. The lowest BCUT2D eigenvalue weighted by molar-refractivity contribution is -0.384. The Morgan fingerprint density at radius 1 is 1.19 bits per heavy atom. The molecule has 0 unspecified atom stereocenters. The summed E-state index contributed by atoms with van der Waals surface area (Å²) in [4.78, 5) is 23.5. The molecule has 0 atom stereocenters. The average molecular weight is 290 g/mol. The smallest absolute Gasteiger partial charge is 0.450 e. The number of hydrogen-bond donors (Lipinski definition) is 1. The lowest BCUT2D eigenvalue weighted by Crippen LogP contribution is -2.04. The largest absolute Gasteiger partial charge is 0.505 e. The number of benzene rings is 1. The molecule has 0 amide bonds. The minimum absolute atomic E-state index is 0.137. The molecular formula is C14H14N2O5. The van der Waals surface area contributed by atoms with Crippen LogP contribution >= 0.6 is 0 Å². The Balaban J connectivity index is 0.000000219. The molecule has 0 aliphatic rings. The molecule has 21 heavy (non-hydrogen) atoms. The summed E-state index contributed by atoms with van der Waals surface area (Å²) in [6.07, 6.45) is 0.939. The Kier molecular flexibility index (Phi) is 6.92. The third-order valence-corrected chi connectivity index (χ3v) is 2.28. The molecule has 7 nitrogen and oxygen atoms in total. The number of nitrogens with zero attached hydrogens (tertiary/aromatic N) is 2. The first-order valence-corrected chi connectivity index (χ1v) is 6.04. The molecule has 0 aliphatic heterocycles. The van der Waals surface area contributed by atoms with Crippen molar-refractivity contribution in [2.45, 2.75) is 6.42 Å². The van der Waals surface area contributed by atoms with Crippen LogP contribution in [0.1, 0.15) is 5.69 Å². The van der Waals surface area contributed by atoms with E-state index in [1.807, 2.05) is 18.2 Å². The Hall–Kier alpha value is -2.96. The van der Waals surface area contributed by atoms with Gasteiger partial charge < -0.3 is 9.84 Å². The highest BCUT2D eigenvalue weighted by Gasteiger charge is 1.98. The van der Waals surface area contributed by atoms with Crippen LogP contribution in [-0.4, -0.2) is 27.8 Å². The number of aromatic nitrogens is 1. The molecule has 1 aromatic heterocycles. The highest BCUT2D eigenvalue weighted by Crippen LogP contribution is 2.06. The summed E-state index contributed by atoms with van der Waals surface area (Å²) < 4.78 is 4.32. The molecule has 0 saturated carbocycles. The first-order chi connectivity index (χ1) is 10.1. The molecule has 1 aromatic carbocycles. The number of carbonyl (C=O) groups is 1. The van der Waals surface area contributed by atoms with Gasteiger partial charge in [-0.3, -0.25) is 15.1 Å². The Morgan fingerprint density at radius 2 is 1.86 bits per heavy atom. The van der Waals surface area contributed by atoms with Gasteiger partial charge in [0, 0.05) is 30.4 Å². The molecule has 2 aromatic rings. The fourth-order valence-electron chi connectivity index (χ4n) is 1.34. The van der Waals surface area contributed by atoms with Gasteiger partial charge >= 0.3 is 6.16 Å². The maximum absolute atomic E-state index is 10.0. The van der Waals surface area contributed by atoms with Crippen LogP contribution in [0.5, 0.6) is 0 Å². The summed E-state index contributed by atoms with van der Waals surface area (Å²) in [6.45, 7) is 0.159. The number of nitro benzene ring substituents is 1. The molecule has 1 N–H and O–H groups in total. The summed E-state index contributed by atoms with van der Waals surface area (Å²) in [6, 6.07) is 13.4. The first-order valence-electron chi connectivity index (χ1n) is 6.04. The van der Waals surface area contributed by atoms with Crippen molar-refractivity contribution in [2.75, 3.05) is 6.61 Å². The van der Waals surface area contributed by atoms with Gasteiger partial charge in [-0.1, -0.05) is 24.3 Å². The van der Waals surface area contributed by atoms with Crippen LogP contribution in [0.25, 0.3) is 0 Å². The number of nitro groups is 1. The number of rotatable bonds is 4. The van der Waals surface area contributed by atoms with Gasteiger partial charge in [-0.25, -0.2) is 4.79 Å². The van der Waals surface area contributed by atoms with E-state index in [4.69, 9.17) is 5.11 Å². The highest BCUT2D eigenvalue weighted by atomic mass is 16.7. The zero-order valence-corrected chi connectivity index (χ0v) is 11.1. The highest BCUT2D eigenvalue weighted by molar-refractivity contribution is 5.56. The van der Waals surface area contributed by atoms with E-state index < -0.39 is 11.1 Å². The topological polar surface area (TPSA) is 103 Å². The Bertz CT molecular complexity index is 560. The zero-order valence-electron chi connectivity index (χ0n) is 11.1. The monoisotopic (exact) mass is 290 g/mol. The lowest BCUT2D eigenvalue weighted by atomic mass is 10.3. The fourth-order valence-corrected chi connectivity index (χ4v) is 1.34. The number of pyridine rings is 1. The van der Waals surface area contributed by atoms with Crippen LogP contribution in [0.15, 0.2) is 54.7 Å². The second kappa shape index (κ2) is 9.03. The van der Waals surface area contributed by atoms with Crippen LogP contribution in [0.2, 0.25) is 0 Å². The Labute approximate surface area is 121 Å². The molecule has 110 valence electrons. The van der Waals surface area contributed by atoms with Crippen molar-refractivity contribution in [1.29, 1.82) is 0 Å². The van der Waals surface area contributed by atoms with Crippen molar-refractivity contribution < 1.29 is 19.6 Å². The minimum atomic E-state index is -1.24. The first kappa shape index (κ1) is 16.1. The van der Waals surface area contributed by atoms with Crippen LogP contribution in [0.3, 0.4) is 0 Å². The molecular weight excluding hydrogens is 276 g/mol. The molecule has 1 heterocycles. The van der Waals surface area contributed by atoms with Crippen LogP contribution in [0.4, 0.5) is 10.5 Å². The van der Waals surface area contributed by atoms with Crippen molar-refractivity contribution in [2.24, 2.45) is 0 Å². The Morgan fingerprint density at radius 3 is 2.33 bits per heavy atom. The number of para-hydroxylation sites is 1. The normalized spacial score (nSPS) is 9.14. The maximum Gasteiger partial charge on any atom is 0.505 e. The van der Waals surface area contributed by atoms with Crippen molar-refractivity contribution in [3.8, 4) is 0 Å². The molecule has 0 bridgehead atoms. The zero-order chi connectivity index (χ0) is 15.5. The maximum atomic E-state index is 10.0. The summed E-state index contributed by atoms with van der Waals surface area (Å²) in [5.74, 6) is 0. The molecule has 2 rings (SSSR count). The molecule has 0 saturated heterocycles. The summed E-state index contributed by atoms with van der Waals surface area (Å²) in [5, 5.41) is 18.2. The molecule has 0 aliphatic carbocycles.